The van der Waals surface area contributed by atoms with Crippen molar-refractivity contribution in [1.82, 2.24) is 15.0 Å². The van der Waals surface area contributed by atoms with E-state index in [1.807, 2.05) is 24.3 Å². The lowest BCUT2D eigenvalue weighted by Gasteiger charge is -2.08. The molecular formula is C30H20ClN3. The van der Waals surface area contributed by atoms with Crippen molar-refractivity contribution >= 4 is 33.1 Å². The number of nitrogens with zero attached hydrogens (tertiary/aromatic N) is 3. The zero-order valence-electron chi connectivity index (χ0n) is 18.5. The van der Waals surface area contributed by atoms with Gasteiger partial charge in [0, 0.05) is 11.1 Å². The molecule has 0 amide bonds. The summed E-state index contributed by atoms with van der Waals surface area (Å²) in [5.41, 5.74) is 5.48. The number of rotatable bonds is 3. The second-order valence-electron chi connectivity index (χ2n) is 8.46. The SMILES string of the molecule is Cc1ccc(-c2ccc3cc(-c4nc(Cl)nc(-c5ccc6ccccc6c5)n4)ccc3c2)cc1. The predicted molar refractivity (Wildman–Crippen MR) is 141 cm³/mol. The fraction of sp³-hybridized carbons (Fsp3) is 0.0333. The van der Waals surface area contributed by atoms with Gasteiger partial charge in [0.2, 0.25) is 5.28 Å². The van der Waals surface area contributed by atoms with Crippen LogP contribution in [0.25, 0.3) is 55.4 Å². The molecular weight excluding hydrogens is 438 g/mol. The van der Waals surface area contributed by atoms with E-state index in [1.54, 1.807) is 0 Å². The minimum Gasteiger partial charge on any atom is -0.208 e. The van der Waals surface area contributed by atoms with Gasteiger partial charge in [-0.15, -0.1) is 0 Å². The van der Waals surface area contributed by atoms with Gasteiger partial charge in [-0.25, -0.2) is 4.98 Å². The number of aromatic nitrogens is 3. The third-order valence-corrected chi connectivity index (χ3v) is 6.27. The topological polar surface area (TPSA) is 38.7 Å². The fourth-order valence-electron chi connectivity index (χ4n) is 4.25. The molecule has 0 N–H and O–H groups in total. The largest absolute Gasteiger partial charge is 0.226 e. The molecule has 0 fully saturated rings. The van der Waals surface area contributed by atoms with Gasteiger partial charge < -0.3 is 0 Å². The molecule has 1 heterocycles. The average Bonchev–Trinajstić information content (AvgIpc) is 2.88. The average molecular weight is 458 g/mol. The van der Waals surface area contributed by atoms with E-state index in [0.29, 0.717) is 11.6 Å². The second kappa shape index (κ2) is 8.36. The standard InChI is InChI=1S/C30H20ClN3/c1-19-6-8-21(9-7-19)23-11-12-25-18-27(15-13-24(25)16-23)29-32-28(33-30(31)34-29)26-14-10-20-4-2-3-5-22(20)17-26/h2-18H,1H3. The van der Waals surface area contributed by atoms with Gasteiger partial charge in [-0.05, 0) is 69.4 Å². The van der Waals surface area contributed by atoms with Crippen LogP contribution in [0, 0.1) is 6.92 Å². The molecule has 3 nitrogen and oxygen atoms in total. The van der Waals surface area contributed by atoms with E-state index in [-0.39, 0.29) is 5.28 Å². The lowest BCUT2D eigenvalue weighted by Crippen LogP contribution is -1.97. The van der Waals surface area contributed by atoms with Gasteiger partial charge >= 0.3 is 0 Å². The van der Waals surface area contributed by atoms with Gasteiger partial charge in [0.25, 0.3) is 0 Å². The Hall–Kier alpha value is -4.08. The van der Waals surface area contributed by atoms with Crippen molar-refractivity contribution in [2.75, 3.05) is 0 Å². The van der Waals surface area contributed by atoms with Gasteiger partial charge in [-0.3, -0.25) is 0 Å². The summed E-state index contributed by atoms with van der Waals surface area (Å²) in [5.74, 6) is 1.13. The second-order valence-corrected chi connectivity index (χ2v) is 8.79. The first-order valence-electron chi connectivity index (χ1n) is 11.1. The molecule has 4 heteroatoms. The molecule has 0 aliphatic rings. The van der Waals surface area contributed by atoms with Crippen LogP contribution < -0.4 is 0 Å². The Kier molecular flexibility index (Phi) is 5.05. The molecule has 0 radical (unpaired) electrons. The molecule has 6 rings (SSSR count). The summed E-state index contributed by atoms with van der Waals surface area (Å²) in [7, 11) is 0. The monoisotopic (exact) mass is 457 g/mol. The summed E-state index contributed by atoms with van der Waals surface area (Å²) in [4.78, 5) is 13.6. The summed E-state index contributed by atoms with van der Waals surface area (Å²) in [6.45, 7) is 2.10. The van der Waals surface area contributed by atoms with Crippen LogP contribution in [0.2, 0.25) is 5.28 Å². The maximum Gasteiger partial charge on any atom is 0.226 e. The first-order chi connectivity index (χ1) is 16.6. The normalized spacial score (nSPS) is 11.2. The minimum absolute atomic E-state index is 0.183. The van der Waals surface area contributed by atoms with E-state index in [1.165, 1.54) is 22.1 Å². The van der Waals surface area contributed by atoms with Crippen LogP contribution in [0.1, 0.15) is 5.56 Å². The van der Waals surface area contributed by atoms with Gasteiger partial charge in [-0.2, -0.15) is 9.97 Å². The Bertz CT molecular complexity index is 1670. The van der Waals surface area contributed by atoms with Crippen molar-refractivity contribution < 1.29 is 0 Å². The maximum atomic E-state index is 6.32. The van der Waals surface area contributed by atoms with Gasteiger partial charge in [0.1, 0.15) is 0 Å². The van der Waals surface area contributed by atoms with E-state index in [9.17, 15) is 0 Å². The highest BCUT2D eigenvalue weighted by Gasteiger charge is 2.11. The molecule has 34 heavy (non-hydrogen) atoms. The summed E-state index contributed by atoms with van der Waals surface area (Å²) in [6.07, 6.45) is 0. The number of fused-ring (bicyclic) bond motifs is 2. The van der Waals surface area contributed by atoms with E-state index < -0.39 is 0 Å². The third kappa shape index (κ3) is 3.91. The molecule has 0 unspecified atom stereocenters. The molecule has 0 atom stereocenters. The van der Waals surface area contributed by atoms with E-state index >= 15 is 0 Å². The molecule has 0 saturated heterocycles. The number of aryl methyl sites for hydroxylation is 1. The van der Waals surface area contributed by atoms with Crippen LogP contribution in [0.4, 0.5) is 0 Å². The summed E-state index contributed by atoms with van der Waals surface area (Å²) >= 11 is 6.32. The molecule has 0 bridgehead atoms. The van der Waals surface area contributed by atoms with Crippen LogP contribution in [0.3, 0.4) is 0 Å². The summed E-state index contributed by atoms with van der Waals surface area (Å²) < 4.78 is 0. The van der Waals surface area contributed by atoms with Gasteiger partial charge in [0.05, 0.1) is 0 Å². The smallest absolute Gasteiger partial charge is 0.208 e. The highest BCUT2D eigenvalue weighted by molar-refractivity contribution is 6.28. The predicted octanol–water partition coefficient (Wildman–Crippen LogP) is 8.14. The maximum absolute atomic E-state index is 6.32. The molecule has 162 valence electrons. The van der Waals surface area contributed by atoms with Crippen LogP contribution in [-0.4, -0.2) is 15.0 Å². The molecule has 1 aromatic heterocycles. The first-order valence-corrected chi connectivity index (χ1v) is 11.5. The molecule has 0 saturated carbocycles. The molecule has 0 spiro atoms. The Morgan fingerprint density at radius 2 is 0.941 bits per heavy atom. The van der Waals surface area contributed by atoms with Crippen molar-refractivity contribution in [3.63, 3.8) is 0 Å². The summed E-state index contributed by atoms with van der Waals surface area (Å²) in [6, 6.07) is 35.7. The number of hydrogen-bond donors (Lipinski definition) is 0. The van der Waals surface area contributed by atoms with Crippen molar-refractivity contribution in [1.29, 1.82) is 0 Å². The molecule has 0 aliphatic heterocycles. The van der Waals surface area contributed by atoms with Crippen LogP contribution in [-0.2, 0) is 0 Å². The quantitative estimate of drug-likeness (QED) is 0.269. The zero-order valence-corrected chi connectivity index (χ0v) is 19.3. The lowest BCUT2D eigenvalue weighted by atomic mass is 9.99. The van der Waals surface area contributed by atoms with Crippen LogP contribution in [0.15, 0.2) is 103 Å². The van der Waals surface area contributed by atoms with Crippen molar-refractivity contribution in [3.05, 3.63) is 114 Å². The van der Waals surface area contributed by atoms with Crippen molar-refractivity contribution in [2.24, 2.45) is 0 Å². The molecule has 6 aromatic rings. The Balaban J connectivity index is 1.39. The number of hydrogen-bond acceptors (Lipinski definition) is 3. The highest BCUT2D eigenvalue weighted by Crippen LogP contribution is 2.29. The lowest BCUT2D eigenvalue weighted by molar-refractivity contribution is 1.07. The number of benzene rings is 5. The van der Waals surface area contributed by atoms with Gasteiger partial charge in [-0.1, -0.05) is 90.5 Å². The van der Waals surface area contributed by atoms with Gasteiger partial charge in [0.15, 0.2) is 11.6 Å². The van der Waals surface area contributed by atoms with E-state index in [2.05, 4.69) is 95.8 Å². The van der Waals surface area contributed by atoms with Crippen LogP contribution >= 0.6 is 11.6 Å². The van der Waals surface area contributed by atoms with Crippen LogP contribution in [0.5, 0.6) is 0 Å². The Morgan fingerprint density at radius 3 is 1.59 bits per heavy atom. The van der Waals surface area contributed by atoms with Crippen molar-refractivity contribution in [2.45, 2.75) is 6.92 Å². The highest BCUT2D eigenvalue weighted by atomic mass is 35.5. The zero-order chi connectivity index (χ0) is 23.1. The minimum atomic E-state index is 0.183. The third-order valence-electron chi connectivity index (χ3n) is 6.10. The van der Waals surface area contributed by atoms with Crippen molar-refractivity contribution in [3.8, 4) is 33.9 Å². The fourth-order valence-corrected chi connectivity index (χ4v) is 4.41. The number of halogens is 1. The van der Waals surface area contributed by atoms with E-state index in [0.717, 1.165) is 27.3 Å². The Labute approximate surface area is 202 Å². The molecule has 0 aliphatic carbocycles. The first kappa shape index (κ1) is 20.5. The molecule has 5 aromatic carbocycles. The summed E-state index contributed by atoms with van der Waals surface area (Å²) in [5, 5.41) is 4.77. The van der Waals surface area contributed by atoms with E-state index in [4.69, 9.17) is 16.6 Å². The Morgan fingerprint density at radius 1 is 0.471 bits per heavy atom.